The lowest BCUT2D eigenvalue weighted by Crippen LogP contribution is -2.48. The van der Waals surface area contributed by atoms with E-state index in [0.29, 0.717) is 6.42 Å². The maximum atomic E-state index is 11.4. The van der Waals surface area contributed by atoms with E-state index >= 15 is 0 Å². The van der Waals surface area contributed by atoms with Crippen molar-refractivity contribution >= 4 is 11.9 Å². The molecule has 0 rings (SSSR count). The highest BCUT2D eigenvalue weighted by molar-refractivity contribution is 5.86. The highest BCUT2D eigenvalue weighted by atomic mass is 16.4. The second-order valence-electron chi connectivity index (χ2n) is 4.04. The zero-order valence-corrected chi connectivity index (χ0v) is 9.70. The van der Waals surface area contributed by atoms with Gasteiger partial charge in [-0.3, -0.25) is 4.79 Å². The van der Waals surface area contributed by atoms with E-state index < -0.39 is 12.0 Å². The Morgan fingerprint density at radius 3 is 2.13 bits per heavy atom. The summed E-state index contributed by atoms with van der Waals surface area (Å²) >= 11 is 0. The van der Waals surface area contributed by atoms with E-state index in [2.05, 4.69) is 10.6 Å². The van der Waals surface area contributed by atoms with Gasteiger partial charge in [-0.15, -0.1) is 0 Å². The third-order valence-electron chi connectivity index (χ3n) is 2.15. The molecule has 0 radical (unpaired) electrons. The van der Waals surface area contributed by atoms with E-state index in [1.165, 1.54) is 0 Å². The number of nitrogens with one attached hydrogen (secondary N) is 2. The highest BCUT2D eigenvalue weighted by Crippen LogP contribution is 2.05. The molecular weight excluding hydrogens is 196 g/mol. The number of aliphatic carboxylic acids is 1. The van der Waals surface area contributed by atoms with E-state index in [0.717, 1.165) is 0 Å². The van der Waals surface area contributed by atoms with Crippen molar-refractivity contribution in [1.82, 2.24) is 10.6 Å². The fourth-order valence-electron chi connectivity index (χ4n) is 1.12. The highest BCUT2D eigenvalue weighted by Gasteiger charge is 2.22. The minimum Gasteiger partial charge on any atom is -0.480 e. The standard InChI is InChI=1S/C10H20N2O3/c1-6(2)5-8(10(14)15)12-9(13)7(3)11-4/h6-8,11H,5H2,1-4H3,(H,12,13)(H,14,15)/t7?,8-/m0/s1. The van der Waals surface area contributed by atoms with E-state index in [1.54, 1.807) is 14.0 Å². The fourth-order valence-corrected chi connectivity index (χ4v) is 1.12. The molecule has 0 saturated heterocycles. The van der Waals surface area contributed by atoms with Crippen LogP contribution in [0.2, 0.25) is 0 Å². The number of carbonyl (C=O) groups excluding carboxylic acids is 1. The molecule has 0 bridgehead atoms. The first-order chi connectivity index (χ1) is 6.88. The fraction of sp³-hybridized carbons (Fsp3) is 0.800. The summed E-state index contributed by atoms with van der Waals surface area (Å²) in [5.41, 5.74) is 0. The number of carboxylic acids is 1. The van der Waals surface area contributed by atoms with Crippen molar-refractivity contribution in [2.75, 3.05) is 7.05 Å². The molecule has 5 nitrogen and oxygen atoms in total. The van der Waals surface area contributed by atoms with Gasteiger partial charge in [0, 0.05) is 0 Å². The van der Waals surface area contributed by atoms with Crippen molar-refractivity contribution in [3.8, 4) is 0 Å². The molecule has 15 heavy (non-hydrogen) atoms. The molecule has 1 unspecified atom stereocenters. The molecule has 0 aliphatic rings. The van der Waals surface area contributed by atoms with Crippen LogP contribution in [0.1, 0.15) is 27.2 Å². The first kappa shape index (κ1) is 13.9. The summed E-state index contributed by atoms with van der Waals surface area (Å²) in [6, 6.07) is -1.17. The quantitative estimate of drug-likeness (QED) is 0.593. The molecule has 0 fully saturated rings. The Morgan fingerprint density at radius 2 is 1.80 bits per heavy atom. The van der Waals surface area contributed by atoms with E-state index in [1.807, 2.05) is 13.8 Å². The topological polar surface area (TPSA) is 78.4 Å². The predicted octanol–water partition coefficient (Wildman–Crippen LogP) is 0.210. The van der Waals surface area contributed by atoms with Crippen molar-refractivity contribution in [3.05, 3.63) is 0 Å². The number of amides is 1. The minimum atomic E-state index is -0.986. The molecule has 5 heteroatoms. The normalized spacial score (nSPS) is 14.7. The van der Waals surface area contributed by atoms with Gasteiger partial charge in [0.2, 0.25) is 5.91 Å². The second kappa shape index (κ2) is 6.40. The minimum absolute atomic E-state index is 0.233. The zero-order valence-electron chi connectivity index (χ0n) is 9.70. The Balaban J connectivity index is 4.29. The third-order valence-corrected chi connectivity index (χ3v) is 2.15. The molecule has 88 valence electrons. The second-order valence-corrected chi connectivity index (χ2v) is 4.04. The Kier molecular flexibility index (Phi) is 5.93. The van der Waals surface area contributed by atoms with Crippen LogP contribution in [0.15, 0.2) is 0 Å². The lowest BCUT2D eigenvalue weighted by atomic mass is 10.0. The Labute approximate surface area is 90.2 Å². The van der Waals surface area contributed by atoms with E-state index in [9.17, 15) is 9.59 Å². The summed E-state index contributed by atoms with van der Waals surface area (Å²) in [6.45, 7) is 5.52. The third kappa shape index (κ3) is 5.37. The van der Waals surface area contributed by atoms with Crippen LogP contribution >= 0.6 is 0 Å². The van der Waals surface area contributed by atoms with Gasteiger partial charge in [-0.25, -0.2) is 4.79 Å². The molecular formula is C10H20N2O3. The van der Waals surface area contributed by atoms with Gasteiger partial charge in [0.15, 0.2) is 0 Å². The summed E-state index contributed by atoms with van der Waals surface area (Å²) in [5.74, 6) is -1.04. The van der Waals surface area contributed by atoms with Crippen LogP contribution in [-0.4, -0.2) is 36.1 Å². The number of carboxylic acid groups (broad SMARTS) is 1. The van der Waals surface area contributed by atoms with Crippen LogP contribution in [0.4, 0.5) is 0 Å². The van der Waals surface area contributed by atoms with Crippen LogP contribution < -0.4 is 10.6 Å². The number of hydrogen-bond acceptors (Lipinski definition) is 3. The first-order valence-corrected chi connectivity index (χ1v) is 5.09. The van der Waals surface area contributed by atoms with Gasteiger partial charge in [0.05, 0.1) is 6.04 Å². The maximum Gasteiger partial charge on any atom is 0.326 e. The lowest BCUT2D eigenvalue weighted by Gasteiger charge is -2.18. The van der Waals surface area contributed by atoms with Crippen molar-refractivity contribution in [2.24, 2.45) is 5.92 Å². The van der Waals surface area contributed by atoms with Crippen molar-refractivity contribution in [1.29, 1.82) is 0 Å². The number of hydrogen-bond donors (Lipinski definition) is 3. The van der Waals surface area contributed by atoms with Crippen LogP contribution in [0.25, 0.3) is 0 Å². The molecule has 0 aliphatic heterocycles. The Hall–Kier alpha value is -1.10. The van der Waals surface area contributed by atoms with Gasteiger partial charge in [-0.1, -0.05) is 13.8 Å². The van der Waals surface area contributed by atoms with Crippen molar-refractivity contribution in [3.63, 3.8) is 0 Å². The van der Waals surface area contributed by atoms with Gasteiger partial charge < -0.3 is 15.7 Å². The van der Waals surface area contributed by atoms with E-state index in [-0.39, 0.29) is 17.9 Å². The SMILES string of the molecule is CNC(C)C(=O)N[C@@H](CC(C)C)C(=O)O. The van der Waals surface area contributed by atoms with Crippen LogP contribution in [0.3, 0.4) is 0 Å². The Bertz CT molecular complexity index is 229. The number of carbonyl (C=O) groups is 2. The Morgan fingerprint density at radius 1 is 1.27 bits per heavy atom. The molecule has 0 aromatic rings. The molecule has 0 aromatic heterocycles. The summed E-state index contributed by atoms with van der Waals surface area (Å²) < 4.78 is 0. The van der Waals surface area contributed by atoms with Gasteiger partial charge >= 0.3 is 5.97 Å². The summed E-state index contributed by atoms with van der Waals surface area (Å²) in [4.78, 5) is 22.3. The zero-order chi connectivity index (χ0) is 12.0. The molecule has 0 spiro atoms. The average molecular weight is 216 g/mol. The van der Waals surface area contributed by atoms with Crippen molar-refractivity contribution in [2.45, 2.75) is 39.3 Å². The molecule has 1 amide bonds. The molecule has 3 N–H and O–H groups in total. The number of rotatable bonds is 6. The van der Waals surface area contributed by atoms with Gasteiger partial charge in [-0.2, -0.15) is 0 Å². The number of likely N-dealkylation sites (N-methyl/N-ethyl adjacent to an activating group) is 1. The largest absolute Gasteiger partial charge is 0.480 e. The smallest absolute Gasteiger partial charge is 0.326 e. The molecule has 0 aromatic carbocycles. The molecule has 0 heterocycles. The first-order valence-electron chi connectivity index (χ1n) is 5.09. The monoisotopic (exact) mass is 216 g/mol. The average Bonchev–Trinajstić information content (AvgIpc) is 2.14. The lowest BCUT2D eigenvalue weighted by molar-refractivity contribution is -0.142. The summed E-state index contributed by atoms with van der Waals surface area (Å²) in [6.07, 6.45) is 0.442. The van der Waals surface area contributed by atoms with Crippen LogP contribution in [-0.2, 0) is 9.59 Å². The molecule has 0 aliphatic carbocycles. The molecule has 0 saturated carbocycles. The van der Waals surface area contributed by atoms with Crippen LogP contribution in [0, 0.1) is 5.92 Å². The maximum absolute atomic E-state index is 11.4. The predicted molar refractivity (Wildman–Crippen MR) is 57.5 cm³/mol. The van der Waals surface area contributed by atoms with Crippen LogP contribution in [0.5, 0.6) is 0 Å². The summed E-state index contributed by atoms with van der Waals surface area (Å²) in [5, 5.41) is 14.1. The van der Waals surface area contributed by atoms with E-state index in [4.69, 9.17) is 5.11 Å². The summed E-state index contributed by atoms with van der Waals surface area (Å²) in [7, 11) is 1.66. The van der Waals surface area contributed by atoms with Crippen molar-refractivity contribution < 1.29 is 14.7 Å². The molecule has 2 atom stereocenters. The van der Waals surface area contributed by atoms with Gasteiger partial charge in [0.1, 0.15) is 6.04 Å². The van der Waals surface area contributed by atoms with Gasteiger partial charge in [-0.05, 0) is 26.3 Å². The van der Waals surface area contributed by atoms with Gasteiger partial charge in [0.25, 0.3) is 0 Å².